The lowest BCUT2D eigenvalue weighted by molar-refractivity contribution is -0.173. The molecule has 1 spiro atoms. The molecule has 1 aliphatic heterocycles. The molecule has 0 aromatic heterocycles. The molecule has 3 fully saturated rings. The van der Waals surface area contributed by atoms with Crippen molar-refractivity contribution >= 4 is 18.3 Å². The van der Waals surface area contributed by atoms with Crippen LogP contribution in [-0.4, -0.2) is 49.7 Å². The smallest absolute Gasteiger partial charge is 0.222 e. The minimum absolute atomic E-state index is 0. The van der Waals surface area contributed by atoms with E-state index in [1.807, 2.05) is 7.05 Å². The molecule has 25 heavy (non-hydrogen) atoms. The molecule has 0 bridgehead atoms. The molecule has 1 saturated heterocycles. The third kappa shape index (κ3) is 4.17. The molecule has 3 aliphatic rings. The fourth-order valence-corrected chi connectivity index (χ4v) is 5.52. The molecule has 2 saturated carbocycles. The first-order valence-electron chi connectivity index (χ1n) is 10.2. The minimum Gasteiger partial charge on any atom is -0.378 e. The summed E-state index contributed by atoms with van der Waals surface area (Å²) in [5, 5.41) is 3.48. The monoisotopic (exact) mass is 372 g/mol. The third-order valence-corrected chi connectivity index (χ3v) is 7.14. The average molecular weight is 373 g/mol. The Kier molecular flexibility index (Phi) is 7.60. The van der Waals surface area contributed by atoms with E-state index in [4.69, 9.17) is 4.74 Å². The topological polar surface area (TPSA) is 41.6 Å². The molecule has 4 nitrogen and oxygen atoms in total. The Hall–Kier alpha value is -0.320. The molecule has 5 heteroatoms. The second-order valence-electron chi connectivity index (χ2n) is 8.43. The maximum atomic E-state index is 12.9. The first-order valence-corrected chi connectivity index (χ1v) is 10.2. The molecule has 0 aromatic carbocycles. The van der Waals surface area contributed by atoms with Crippen molar-refractivity contribution in [3.8, 4) is 0 Å². The van der Waals surface area contributed by atoms with Gasteiger partial charge in [0.15, 0.2) is 0 Å². The van der Waals surface area contributed by atoms with E-state index >= 15 is 0 Å². The van der Waals surface area contributed by atoms with Crippen LogP contribution in [-0.2, 0) is 9.53 Å². The zero-order valence-electron chi connectivity index (χ0n) is 16.3. The van der Waals surface area contributed by atoms with Gasteiger partial charge in [-0.25, -0.2) is 0 Å². The molecule has 1 N–H and O–H groups in total. The predicted molar refractivity (Wildman–Crippen MR) is 104 cm³/mol. The Morgan fingerprint density at radius 1 is 1.32 bits per heavy atom. The van der Waals surface area contributed by atoms with E-state index in [9.17, 15) is 4.79 Å². The number of amides is 1. The maximum Gasteiger partial charge on any atom is 0.222 e. The van der Waals surface area contributed by atoms with Gasteiger partial charge in [0, 0.05) is 31.5 Å². The Balaban J connectivity index is 0.00000225. The van der Waals surface area contributed by atoms with Crippen molar-refractivity contribution in [3.63, 3.8) is 0 Å². The van der Waals surface area contributed by atoms with Crippen LogP contribution in [0.3, 0.4) is 0 Å². The SMILES string of the molecule is CCOC1CC(N(C)C(=O)CC(C)C2CCCNC2)C12CCCC2.Cl. The lowest BCUT2D eigenvalue weighted by Gasteiger charge is -2.57. The lowest BCUT2D eigenvalue weighted by atomic mass is 9.60. The Bertz CT molecular complexity index is 433. The van der Waals surface area contributed by atoms with Crippen LogP contribution >= 0.6 is 12.4 Å². The summed E-state index contributed by atoms with van der Waals surface area (Å²) in [6.45, 7) is 7.37. The number of nitrogens with zero attached hydrogens (tertiary/aromatic N) is 1. The van der Waals surface area contributed by atoms with Crippen LogP contribution < -0.4 is 5.32 Å². The van der Waals surface area contributed by atoms with Crippen molar-refractivity contribution in [2.24, 2.45) is 17.3 Å². The highest BCUT2D eigenvalue weighted by Gasteiger charge is 2.58. The highest BCUT2D eigenvalue weighted by molar-refractivity contribution is 5.85. The van der Waals surface area contributed by atoms with E-state index < -0.39 is 0 Å². The molecule has 1 heterocycles. The van der Waals surface area contributed by atoms with Crippen LogP contribution in [0.25, 0.3) is 0 Å². The van der Waals surface area contributed by atoms with Gasteiger partial charge in [-0.1, -0.05) is 19.8 Å². The van der Waals surface area contributed by atoms with E-state index in [0.29, 0.717) is 36.3 Å². The number of piperidine rings is 1. The number of hydrogen-bond acceptors (Lipinski definition) is 3. The van der Waals surface area contributed by atoms with Crippen LogP contribution in [0.15, 0.2) is 0 Å². The van der Waals surface area contributed by atoms with E-state index in [1.54, 1.807) is 0 Å². The zero-order chi connectivity index (χ0) is 17.2. The van der Waals surface area contributed by atoms with Gasteiger partial charge in [0.2, 0.25) is 5.91 Å². The van der Waals surface area contributed by atoms with E-state index in [-0.39, 0.29) is 17.8 Å². The largest absolute Gasteiger partial charge is 0.378 e. The Labute approximate surface area is 159 Å². The first-order chi connectivity index (χ1) is 11.6. The van der Waals surface area contributed by atoms with Crippen molar-refractivity contribution in [2.45, 2.75) is 77.4 Å². The maximum absolute atomic E-state index is 12.9. The fourth-order valence-electron chi connectivity index (χ4n) is 5.52. The highest BCUT2D eigenvalue weighted by atomic mass is 35.5. The van der Waals surface area contributed by atoms with E-state index in [2.05, 4.69) is 24.1 Å². The molecule has 4 atom stereocenters. The second-order valence-corrected chi connectivity index (χ2v) is 8.43. The number of carbonyl (C=O) groups is 1. The van der Waals surface area contributed by atoms with Gasteiger partial charge in [-0.2, -0.15) is 0 Å². The van der Waals surface area contributed by atoms with Gasteiger partial charge in [-0.15, -0.1) is 12.4 Å². The second kappa shape index (κ2) is 9.05. The lowest BCUT2D eigenvalue weighted by Crippen LogP contribution is -2.64. The van der Waals surface area contributed by atoms with Gasteiger partial charge in [-0.3, -0.25) is 4.79 Å². The van der Waals surface area contributed by atoms with Crippen LogP contribution in [0.5, 0.6) is 0 Å². The number of nitrogens with one attached hydrogen (secondary N) is 1. The minimum atomic E-state index is 0. The Morgan fingerprint density at radius 2 is 2.04 bits per heavy atom. The molecule has 3 rings (SSSR count). The van der Waals surface area contributed by atoms with Gasteiger partial charge >= 0.3 is 0 Å². The van der Waals surface area contributed by atoms with Crippen molar-refractivity contribution in [3.05, 3.63) is 0 Å². The molecular weight excluding hydrogens is 336 g/mol. The van der Waals surface area contributed by atoms with Crippen molar-refractivity contribution in [2.75, 3.05) is 26.7 Å². The molecule has 2 aliphatic carbocycles. The first kappa shape index (κ1) is 21.0. The summed E-state index contributed by atoms with van der Waals surface area (Å²) >= 11 is 0. The summed E-state index contributed by atoms with van der Waals surface area (Å²) in [7, 11) is 2.04. The van der Waals surface area contributed by atoms with Crippen LogP contribution in [0, 0.1) is 17.3 Å². The van der Waals surface area contributed by atoms with E-state index in [0.717, 1.165) is 26.1 Å². The summed E-state index contributed by atoms with van der Waals surface area (Å²) in [6, 6.07) is 0.403. The average Bonchev–Trinajstić information content (AvgIpc) is 3.11. The Morgan fingerprint density at radius 3 is 2.64 bits per heavy atom. The molecule has 0 aromatic rings. The number of halogens is 1. The van der Waals surface area contributed by atoms with Gasteiger partial charge in [0.05, 0.1) is 6.10 Å². The summed E-state index contributed by atoms with van der Waals surface area (Å²) in [6.07, 6.45) is 9.71. The predicted octanol–water partition coefficient (Wildman–Crippen LogP) is 3.63. The summed E-state index contributed by atoms with van der Waals surface area (Å²) in [5.41, 5.74) is 0.260. The highest BCUT2D eigenvalue weighted by Crippen LogP contribution is 2.56. The van der Waals surface area contributed by atoms with Crippen molar-refractivity contribution in [1.82, 2.24) is 10.2 Å². The molecular formula is C20H37ClN2O2. The van der Waals surface area contributed by atoms with Gasteiger partial charge in [0.1, 0.15) is 0 Å². The summed E-state index contributed by atoms with van der Waals surface area (Å²) in [4.78, 5) is 15.0. The quantitative estimate of drug-likeness (QED) is 0.774. The number of carbonyl (C=O) groups excluding carboxylic acids is 1. The standard InChI is InChI=1S/C20H36N2O2.ClH/c1-4-24-18-13-17(20(18)9-5-6-10-20)22(3)19(23)12-15(2)16-8-7-11-21-14-16;/h15-18,21H,4-14H2,1-3H3;1H. The molecule has 0 radical (unpaired) electrons. The third-order valence-electron chi connectivity index (χ3n) is 7.14. The van der Waals surface area contributed by atoms with Crippen molar-refractivity contribution in [1.29, 1.82) is 0 Å². The zero-order valence-corrected chi connectivity index (χ0v) is 17.1. The van der Waals surface area contributed by atoms with E-state index in [1.165, 1.54) is 38.5 Å². The number of ether oxygens (including phenoxy) is 1. The van der Waals surface area contributed by atoms with Crippen molar-refractivity contribution < 1.29 is 9.53 Å². The molecule has 1 amide bonds. The van der Waals surface area contributed by atoms with Gasteiger partial charge in [-0.05, 0) is 64.0 Å². The normalized spacial score (nSPS) is 31.9. The number of rotatable bonds is 6. The van der Waals surface area contributed by atoms with Crippen LogP contribution in [0.1, 0.15) is 65.2 Å². The van der Waals surface area contributed by atoms with Crippen LogP contribution in [0.2, 0.25) is 0 Å². The molecule has 146 valence electrons. The molecule has 4 unspecified atom stereocenters. The number of hydrogen-bond donors (Lipinski definition) is 1. The van der Waals surface area contributed by atoms with Gasteiger partial charge in [0.25, 0.3) is 0 Å². The summed E-state index contributed by atoms with van der Waals surface area (Å²) in [5.74, 6) is 1.49. The van der Waals surface area contributed by atoms with Crippen LogP contribution in [0.4, 0.5) is 0 Å². The fraction of sp³-hybridized carbons (Fsp3) is 0.950. The summed E-state index contributed by atoms with van der Waals surface area (Å²) < 4.78 is 6.01. The van der Waals surface area contributed by atoms with Gasteiger partial charge < -0.3 is 15.0 Å².